The van der Waals surface area contributed by atoms with E-state index < -0.39 is 6.61 Å². The molecule has 8 nitrogen and oxygen atoms in total. The topological polar surface area (TPSA) is 77.7 Å². The lowest BCUT2D eigenvalue weighted by atomic mass is 10.2. The molecule has 10 heteroatoms. The zero-order valence-corrected chi connectivity index (χ0v) is 13.9. The minimum atomic E-state index is -2.90. The summed E-state index contributed by atoms with van der Waals surface area (Å²) < 4.78 is 36.0. The SMILES string of the molecule is COc1cc(CN(c2ccc3nnnn3n2)C2CC2)ccc1OC(F)F. The Bertz CT molecular complexity index is 915. The Kier molecular flexibility index (Phi) is 4.23. The third-order valence-electron chi connectivity index (χ3n) is 4.13. The first-order chi connectivity index (χ1) is 12.6. The second-order valence-corrected chi connectivity index (χ2v) is 5.94. The van der Waals surface area contributed by atoms with Crippen molar-refractivity contribution in [3.8, 4) is 11.5 Å². The normalized spacial score (nSPS) is 14.0. The lowest BCUT2D eigenvalue weighted by molar-refractivity contribution is -0.0512. The molecule has 2 heterocycles. The summed E-state index contributed by atoms with van der Waals surface area (Å²) in [6.45, 7) is -2.35. The van der Waals surface area contributed by atoms with Crippen LogP contribution < -0.4 is 14.4 Å². The summed E-state index contributed by atoms with van der Waals surface area (Å²) in [6, 6.07) is 8.98. The Balaban J connectivity index is 1.60. The Morgan fingerprint density at radius 1 is 1.23 bits per heavy atom. The van der Waals surface area contributed by atoms with Crippen molar-refractivity contribution in [2.45, 2.75) is 32.0 Å². The molecule has 1 fully saturated rings. The third-order valence-corrected chi connectivity index (χ3v) is 4.13. The van der Waals surface area contributed by atoms with E-state index in [1.165, 1.54) is 17.8 Å². The van der Waals surface area contributed by atoms with Crippen molar-refractivity contribution in [2.75, 3.05) is 12.0 Å². The van der Waals surface area contributed by atoms with E-state index in [1.807, 2.05) is 6.07 Å². The van der Waals surface area contributed by atoms with Crippen molar-refractivity contribution < 1.29 is 18.3 Å². The van der Waals surface area contributed by atoms with Crippen LogP contribution in [0.3, 0.4) is 0 Å². The van der Waals surface area contributed by atoms with Crippen molar-refractivity contribution in [3.63, 3.8) is 0 Å². The van der Waals surface area contributed by atoms with Gasteiger partial charge in [0.05, 0.1) is 7.11 Å². The predicted octanol–water partition coefficient (Wildman–Crippen LogP) is 2.30. The lowest BCUT2D eigenvalue weighted by Crippen LogP contribution is -2.26. The summed E-state index contributed by atoms with van der Waals surface area (Å²) in [7, 11) is 1.42. The molecule has 4 rings (SSSR count). The molecule has 0 spiro atoms. The van der Waals surface area contributed by atoms with Crippen LogP contribution in [-0.4, -0.2) is 45.0 Å². The van der Waals surface area contributed by atoms with Crippen molar-refractivity contribution >= 4 is 11.5 Å². The van der Waals surface area contributed by atoms with Gasteiger partial charge in [0, 0.05) is 12.6 Å². The first-order valence-corrected chi connectivity index (χ1v) is 8.08. The number of ether oxygens (including phenoxy) is 2. The maximum absolute atomic E-state index is 12.5. The fourth-order valence-corrected chi connectivity index (χ4v) is 2.78. The van der Waals surface area contributed by atoms with E-state index in [0.717, 1.165) is 24.2 Å². The van der Waals surface area contributed by atoms with Gasteiger partial charge in [-0.05, 0) is 53.1 Å². The van der Waals surface area contributed by atoms with Crippen molar-refractivity contribution in [2.24, 2.45) is 0 Å². The molecule has 1 saturated carbocycles. The number of halogens is 2. The summed E-state index contributed by atoms with van der Waals surface area (Å²) in [4.78, 5) is 2.14. The molecule has 0 N–H and O–H groups in total. The first-order valence-electron chi connectivity index (χ1n) is 8.08. The predicted molar refractivity (Wildman–Crippen MR) is 87.4 cm³/mol. The minimum Gasteiger partial charge on any atom is -0.493 e. The molecule has 136 valence electrons. The maximum atomic E-state index is 12.5. The van der Waals surface area contributed by atoms with Gasteiger partial charge < -0.3 is 14.4 Å². The van der Waals surface area contributed by atoms with Crippen molar-refractivity contribution in [1.29, 1.82) is 0 Å². The second-order valence-electron chi connectivity index (χ2n) is 5.94. The van der Waals surface area contributed by atoms with Gasteiger partial charge in [-0.3, -0.25) is 0 Å². The van der Waals surface area contributed by atoms with E-state index in [9.17, 15) is 8.78 Å². The number of anilines is 1. The minimum absolute atomic E-state index is 0.0115. The number of tetrazole rings is 1. The molecule has 0 unspecified atom stereocenters. The third kappa shape index (κ3) is 3.35. The Hall–Kier alpha value is -3.04. The van der Waals surface area contributed by atoms with Gasteiger partial charge in [-0.15, -0.1) is 14.8 Å². The standard InChI is InChI=1S/C16H16F2N6O2/c1-25-13-8-10(2-5-12(13)26-16(17)18)9-23(11-3-4-11)15-7-6-14-19-21-22-24(14)20-15/h2,5-8,11,16H,3-4,9H2,1H3. The molecule has 26 heavy (non-hydrogen) atoms. The highest BCUT2D eigenvalue weighted by Gasteiger charge is 2.30. The molecule has 0 atom stereocenters. The summed E-state index contributed by atoms with van der Waals surface area (Å²) in [6.07, 6.45) is 2.14. The molecule has 0 amide bonds. The Labute approximate surface area is 147 Å². The van der Waals surface area contributed by atoms with Crippen LogP contribution >= 0.6 is 0 Å². The number of methoxy groups -OCH3 is 1. The van der Waals surface area contributed by atoms with Crippen LogP contribution in [0.1, 0.15) is 18.4 Å². The molecule has 1 aromatic carbocycles. The lowest BCUT2D eigenvalue weighted by Gasteiger charge is -2.23. The van der Waals surface area contributed by atoms with Crippen LogP contribution in [0.5, 0.6) is 11.5 Å². The molecule has 0 saturated heterocycles. The number of alkyl halides is 2. The largest absolute Gasteiger partial charge is 0.493 e. The molecule has 3 aromatic rings. The van der Waals surface area contributed by atoms with E-state index in [-0.39, 0.29) is 11.5 Å². The first kappa shape index (κ1) is 16.4. The van der Waals surface area contributed by atoms with Gasteiger partial charge in [0.25, 0.3) is 0 Å². The number of rotatable bonds is 7. The number of fused-ring (bicyclic) bond motifs is 1. The molecule has 0 radical (unpaired) electrons. The molecule has 0 bridgehead atoms. The summed E-state index contributed by atoms with van der Waals surface area (Å²) in [5.41, 5.74) is 1.47. The molecule has 0 aliphatic heterocycles. The quantitative estimate of drug-likeness (QED) is 0.638. The zero-order chi connectivity index (χ0) is 18.1. The molecule has 1 aliphatic rings. The van der Waals surface area contributed by atoms with Crippen LogP contribution in [0, 0.1) is 0 Å². The molecular formula is C16H16F2N6O2. The van der Waals surface area contributed by atoms with Crippen LogP contribution in [0.4, 0.5) is 14.6 Å². The highest BCUT2D eigenvalue weighted by atomic mass is 19.3. The number of hydrogen-bond donors (Lipinski definition) is 0. The molecule has 1 aliphatic carbocycles. The summed E-state index contributed by atoms with van der Waals surface area (Å²) in [5.74, 6) is 1.03. The summed E-state index contributed by atoms with van der Waals surface area (Å²) in [5, 5.41) is 15.7. The highest BCUT2D eigenvalue weighted by molar-refractivity contribution is 5.49. The maximum Gasteiger partial charge on any atom is 0.387 e. The van der Waals surface area contributed by atoms with Gasteiger partial charge >= 0.3 is 6.61 Å². The average molecular weight is 362 g/mol. The van der Waals surface area contributed by atoms with Gasteiger partial charge in [0.15, 0.2) is 23.0 Å². The van der Waals surface area contributed by atoms with E-state index in [1.54, 1.807) is 18.2 Å². The van der Waals surface area contributed by atoms with Gasteiger partial charge in [-0.25, -0.2) is 0 Å². The zero-order valence-electron chi connectivity index (χ0n) is 13.9. The van der Waals surface area contributed by atoms with E-state index in [0.29, 0.717) is 18.2 Å². The van der Waals surface area contributed by atoms with Gasteiger partial charge in [-0.2, -0.15) is 8.78 Å². The van der Waals surface area contributed by atoms with Gasteiger partial charge in [0.1, 0.15) is 0 Å². The van der Waals surface area contributed by atoms with E-state index in [2.05, 4.69) is 30.3 Å². The van der Waals surface area contributed by atoms with Crippen LogP contribution in [-0.2, 0) is 6.54 Å². The summed E-state index contributed by atoms with van der Waals surface area (Å²) >= 11 is 0. The average Bonchev–Trinajstić information content (AvgIpc) is 3.36. The highest BCUT2D eigenvalue weighted by Crippen LogP contribution is 2.34. The number of benzene rings is 1. The molecule has 2 aromatic heterocycles. The number of aromatic nitrogens is 5. The molecular weight excluding hydrogens is 346 g/mol. The van der Waals surface area contributed by atoms with Crippen molar-refractivity contribution in [1.82, 2.24) is 25.3 Å². The second kappa shape index (κ2) is 6.70. The monoisotopic (exact) mass is 362 g/mol. The van der Waals surface area contributed by atoms with Gasteiger partial charge in [-0.1, -0.05) is 6.07 Å². The van der Waals surface area contributed by atoms with Crippen LogP contribution in [0.2, 0.25) is 0 Å². The van der Waals surface area contributed by atoms with E-state index in [4.69, 9.17) is 4.74 Å². The van der Waals surface area contributed by atoms with Crippen molar-refractivity contribution in [3.05, 3.63) is 35.9 Å². The van der Waals surface area contributed by atoms with Crippen LogP contribution in [0.25, 0.3) is 5.65 Å². The van der Waals surface area contributed by atoms with Crippen LogP contribution in [0.15, 0.2) is 30.3 Å². The Morgan fingerprint density at radius 3 is 2.81 bits per heavy atom. The smallest absolute Gasteiger partial charge is 0.387 e. The van der Waals surface area contributed by atoms with E-state index >= 15 is 0 Å². The van der Waals surface area contributed by atoms with Gasteiger partial charge in [0.2, 0.25) is 0 Å². The Morgan fingerprint density at radius 2 is 2.08 bits per heavy atom. The number of hydrogen-bond acceptors (Lipinski definition) is 7. The fourth-order valence-electron chi connectivity index (χ4n) is 2.78. The number of nitrogens with zero attached hydrogens (tertiary/aromatic N) is 6. The fraction of sp³-hybridized carbons (Fsp3) is 0.375.